The maximum atomic E-state index is 12.3. The summed E-state index contributed by atoms with van der Waals surface area (Å²) in [7, 11) is 0.436. The van der Waals surface area contributed by atoms with Crippen molar-refractivity contribution in [3.05, 3.63) is 64.7 Å². The van der Waals surface area contributed by atoms with Crippen molar-refractivity contribution in [2.45, 2.75) is 12.5 Å². The molecule has 25 heavy (non-hydrogen) atoms. The van der Waals surface area contributed by atoms with Gasteiger partial charge in [-0.1, -0.05) is 35.9 Å². The largest absolute Gasteiger partial charge is 0.378 e. The van der Waals surface area contributed by atoms with Crippen LogP contribution in [0.15, 0.2) is 53.6 Å². The van der Waals surface area contributed by atoms with Crippen molar-refractivity contribution in [2.24, 2.45) is 5.10 Å². The molecule has 7 heteroatoms. The molecular formula is C18H20ClN3O2S. The molecule has 1 aliphatic heterocycles. The van der Waals surface area contributed by atoms with Crippen molar-refractivity contribution in [2.75, 3.05) is 25.3 Å². The van der Waals surface area contributed by atoms with Gasteiger partial charge in [0.1, 0.15) is 0 Å². The number of nitrogens with zero attached hydrogens (tertiary/aromatic N) is 3. The highest BCUT2D eigenvalue weighted by Crippen LogP contribution is 2.35. The molecule has 3 rings (SSSR count). The Morgan fingerprint density at radius 2 is 1.84 bits per heavy atom. The van der Waals surface area contributed by atoms with Gasteiger partial charge in [-0.25, -0.2) is 8.42 Å². The first kappa shape index (κ1) is 17.8. The molecule has 2 aromatic carbocycles. The molecule has 0 spiro atoms. The number of hydrogen-bond acceptors (Lipinski definition) is 4. The van der Waals surface area contributed by atoms with Gasteiger partial charge in [0.15, 0.2) is 0 Å². The summed E-state index contributed by atoms with van der Waals surface area (Å²) in [6.07, 6.45) is 1.70. The fourth-order valence-electron chi connectivity index (χ4n) is 2.87. The summed E-state index contributed by atoms with van der Waals surface area (Å²) < 4.78 is 25.7. The maximum absolute atomic E-state index is 12.3. The Morgan fingerprint density at radius 3 is 2.44 bits per heavy atom. The Morgan fingerprint density at radius 1 is 1.16 bits per heavy atom. The molecule has 1 heterocycles. The molecule has 2 aromatic rings. The Labute approximate surface area is 153 Å². The van der Waals surface area contributed by atoms with Gasteiger partial charge in [-0.3, -0.25) is 0 Å². The topological polar surface area (TPSA) is 53.0 Å². The van der Waals surface area contributed by atoms with Gasteiger partial charge < -0.3 is 4.90 Å². The third-order valence-corrected chi connectivity index (χ3v) is 5.43. The standard InChI is InChI=1S/C18H20ClN3O2S/c1-21(2)16-6-4-5-14(11-16)18-12-17(20-22(18)25(3,23)24)13-7-9-15(19)10-8-13/h4-11,18H,12H2,1-3H3. The Kier molecular flexibility index (Phi) is 4.75. The van der Waals surface area contributed by atoms with E-state index >= 15 is 0 Å². The van der Waals surface area contributed by atoms with Crippen LogP contribution in [0.3, 0.4) is 0 Å². The minimum Gasteiger partial charge on any atom is -0.378 e. The second-order valence-electron chi connectivity index (χ2n) is 6.30. The smallest absolute Gasteiger partial charge is 0.247 e. The highest BCUT2D eigenvalue weighted by Gasteiger charge is 2.34. The van der Waals surface area contributed by atoms with Crippen molar-refractivity contribution < 1.29 is 8.42 Å². The molecule has 0 fully saturated rings. The molecule has 0 radical (unpaired) electrons. The van der Waals surface area contributed by atoms with Crippen molar-refractivity contribution >= 4 is 33.0 Å². The van der Waals surface area contributed by atoms with E-state index in [9.17, 15) is 8.42 Å². The Hall–Kier alpha value is -2.05. The third-order valence-electron chi connectivity index (χ3n) is 4.16. The molecule has 0 amide bonds. The lowest BCUT2D eigenvalue weighted by molar-refractivity contribution is 0.375. The molecule has 5 nitrogen and oxygen atoms in total. The van der Waals surface area contributed by atoms with Crippen LogP contribution in [0.25, 0.3) is 0 Å². The predicted octanol–water partition coefficient (Wildman–Crippen LogP) is 3.52. The number of halogens is 1. The quantitative estimate of drug-likeness (QED) is 0.819. The van der Waals surface area contributed by atoms with E-state index < -0.39 is 10.0 Å². The minimum absolute atomic E-state index is 0.347. The maximum Gasteiger partial charge on any atom is 0.247 e. The van der Waals surface area contributed by atoms with E-state index in [1.54, 1.807) is 12.1 Å². The summed E-state index contributed by atoms with van der Waals surface area (Å²) in [5.74, 6) is 0. The summed E-state index contributed by atoms with van der Waals surface area (Å²) in [4.78, 5) is 1.99. The molecule has 1 aliphatic rings. The molecule has 0 N–H and O–H groups in total. The Balaban J connectivity index is 2.00. The molecule has 1 atom stereocenters. The van der Waals surface area contributed by atoms with Crippen LogP contribution in [0.2, 0.25) is 5.02 Å². The monoisotopic (exact) mass is 377 g/mol. The first-order valence-corrected chi connectivity index (χ1v) is 10.1. The van der Waals surface area contributed by atoms with E-state index in [2.05, 4.69) is 5.10 Å². The van der Waals surface area contributed by atoms with Crippen molar-refractivity contribution in [3.63, 3.8) is 0 Å². The molecule has 0 aliphatic carbocycles. The van der Waals surface area contributed by atoms with Gasteiger partial charge in [0, 0.05) is 31.2 Å². The lowest BCUT2D eigenvalue weighted by Crippen LogP contribution is -2.26. The van der Waals surface area contributed by atoms with E-state index in [1.165, 1.54) is 10.7 Å². The summed E-state index contributed by atoms with van der Waals surface area (Å²) >= 11 is 5.94. The number of sulfonamides is 1. The van der Waals surface area contributed by atoms with Crippen LogP contribution in [0.5, 0.6) is 0 Å². The summed E-state index contributed by atoms with van der Waals surface area (Å²) in [5.41, 5.74) is 3.56. The van der Waals surface area contributed by atoms with Gasteiger partial charge in [-0.05, 0) is 35.4 Å². The number of hydrogen-bond donors (Lipinski definition) is 0. The van der Waals surface area contributed by atoms with E-state index in [-0.39, 0.29) is 6.04 Å². The molecule has 132 valence electrons. The van der Waals surface area contributed by atoms with Gasteiger partial charge in [-0.15, -0.1) is 0 Å². The molecule has 0 saturated heterocycles. The molecule has 1 unspecified atom stereocenters. The SMILES string of the molecule is CN(C)c1cccc(C2CC(c3ccc(Cl)cc3)=NN2S(C)(=O)=O)c1. The van der Waals surface area contributed by atoms with Crippen LogP contribution in [-0.2, 0) is 10.0 Å². The van der Waals surface area contributed by atoms with Gasteiger partial charge in [0.05, 0.1) is 18.0 Å². The Bertz CT molecular complexity index is 908. The minimum atomic E-state index is -3.48. The molecule has 0 saturated carbocycles. The first-order valence-electron chi connectivity index (χ1n) is 7.86. The predicted molar refractivity (Wildman–Crippen MR) is 103 cm³/mol. The average molecular weight is 378 g/mol. The molecule has 0 aromatic heterocycles. The van der Waals surface area contributed by atoms with Crippen LogP contribution in [0.4, 0.5) is 5.69 Å². The van der Waals surface area contributed by atoms with E-state index in [0.717, 1.165) is 22.5 Å². The summed E-state index contributed by atoms with van der Waals surface area (Å²) in [5, 5.41) is 5.03. The second-order valence-corrected chi connectivity index (χ2v) is 8.58. The molecule has 0 bridgehead atoms. The van der Waals surface area contributed by atoms with E-state index in [1.807, 2.05) is 55.4 Å². The van der Waals surface area contributed by atoms with Gasteiger partial charge >= 0.3 is 0 Å². The van der Waals surface area contributed by atoms with E-state index in [0.29, 0.717) is 11.4 Å². The van der Waals surface area contributed by atoms with Crippen LogP contribution in [0, 0.1) is 0 Å². The van der Waals surface area contributed by atoms with E-state index in [4.69, 9.17) is 11.6 Å². The van der Waals surface area contributed by atoms with Gasteiger partial charge in [0.2, 0.25) is 10.0 Å². The fraction of sp³-hybridized carbons (Fsp3) is 0.278. The average Bonchev–Trinajstić information content (AvgIpc) is 3.01. The number of benzene rings is 2. The van der Waals surface area contributed by atoms with Crippen molar-refractivity contribution in [1.82, 2.24) is 4.41 Å². The van der Waals surface area contributed by atoms with Gasteiger partial charge in [0.25, 0.3) is 0 Å². The number of rotatable bonds is 4. The second kappa shape index (κ2) is 6.69. The number of hydrazone groups is 1. The lowest BCUT2D eigenvalue weighted by Gasteiger charge is -2.23. The zero-order valence-electron chi connectivity index (χ0n) is 14.3. The highest BCUT2D eigenvalue weighted by molar-refractivity contribution is 7.88. The summed E-state index contributed by atoms with van der Waals surface area (Å²) in [6.45, 7) is 0. The van der Waals surface area contributed by atoms with Crippen LogP contribution in [0.1, 0.15) is 23.6 Å². The third kappa shape index (κ3) is 3.80. The summed E-state index contributed by atoms with van der Waals surface area (Å²) in [6, 6.07) is 14.8. The zero-order valence-corrected chi connectivity index (χ0v) is 15.9. The zero-order chi connectivity index (χ0) is 18.2. The number of anilines is 1. The fourth-order valence-corrected chi connectivity index (χ4v) is 3.90. The van der Waals surface area contributed by atoms with Crippen molar-refractivity contribution in [1.29, 1.82) is 0 Å². The van der Waals surface area contributed by atoms with Crippen LogP contribution < -0.4 is 4.90 Å². The molecular weight excluding hydrogens is 358 g/mol. The normalized spacial score (nSPS) is 17.5. The highest BCUT2D eigenvalue weighted by atomic mass is 35.5. The lowest BCUT2D eigenvalue weighted by atomic mass is 9.99. The van der Waals surface area contributed by atoms with Crippen LogP contribution >= 0.6 is 11.6 Å². The van der Waals surface area contributed by atoms with Gasteiger partial charge in [-0.2, -0.15) is 9.52 Å². The first-order chi connectivity index (χ1) is 11.8. The van der Waals surface area contributed by atoms with Crippen molar-refractivity contribution in [3.8, 4) is 0 Å². The van der Waals surface area contributed by atoms with Crippen LogP contribution in [-0.4, -0.2) is 38.9 Å².